The molecular weight excluding hydrogens is 342 g/mol. The van der Waals surface area contributed by atoms with E-state index in [1.165, 1.54) is 11.3 Å². The van der Waals surface area contributed by atoms with Gasteiger partial charge in [-0.2, -0.15) is 0 Å². The average molecular weight is 358 g/mol. The van der Waals surface area contributed by atoms with Gasteiger partial charge in [0.1, 0.15) is 5.75 Å². The number of nitrogens with zero attached hydrogens (tertiary/aromatic N) is 1. The summed E-state index contributed by atoms with van der Waals surface area (Å²) in [6.07, 6.45) is 0.702. The van der Waals surface area contributed by atoms with Gasteiger partial charge in [-0.1, -0.05) is 12.1 Å². The van der Waals surface area contributed by atoms with E-state index >= 15 is 0 Å². The molecule has 0 fully saturated rings. The molecule has 0 amide bonds. The van der Waals surface area contributed by atoms with Crippen molar-refractivity contribution in [2.45, 2.75) is 13.3 Å². The summed E-state index contributed by atoms with van der Waals surface area (Å²) in [6, 6.07) is 7.80. The molecule has 0 aliphatic heterocycles. The molecule has 4 nitrogen and oxygen atoms in total. The topological polar surface area (TPSA) is 48.4 Å². The van der Waals surface area contributed by atoms with Crippen LogP contribution in [0.15, 0.2) is 29.6 Å². The Morgan fingerprint density at radius 2 is 2.00 bits per heavy atom. The number of hydrogen-bond donors (Lipinski definition) is 0. The van der Waals surface area contributed by atoms with Gasteiger partial charge in [0.15, 0.2) is 5.69 Å². The highest BCUT2D eigenvalue weighted by molar-refractivity contribution is 8.93. The SMILES string of the molecule is Br.CCOC(=O)c1csc(Cc2ccc(OC)cc2)n1. The number of aromatic nitrogens is 1. The quantitative estimate of drug-likeness (QED) is 0.768. The van der Waals surface area contributed by atoms with E-state index in [-0.39, 0.29) is 23.0 Å². The Hall–Kier alpha value is -1.40. The predicted octanol–water partition coefficient (Wildman–Crippen LogP) is 3.50. The summed E-state index contributed by atoms with van der Waals surface area (Å²) in [5.41, 5.74) is 1.51. The van der Waals surface area contributed by atoms with Gasteiger partial charge < -0.3 is 9.47 Å². The second-order valence-electron chi connectivity index (χ2n) is 3.87. The van der Waals surface area contributed by atoms with Crippen LogP contribution in [-0.4, -0.2) is 24.7 Å². The number of carbonyl (C=O) groups is 1. The number of hydrogen-bond acceptors (Lipinski definition) is 5. The summed E-state index contributed by atoms with van der Waals surface area (Å²) >= 11 is 1.47. The number of methoxy groups -OCH3 is 1. The Kier molecular flexibility index (Phi) is 6.67. The third-order valence-corrected chi connectivity index (χ3v) is 3.40. The fourth-order valence-corrected chi connectivity index (χ4v) is 2.41. The maximum atomic E-state index is 11.5. The van der Waals surface area contributed by atoms with Crippen LogP contribution in [0.3, 0.4) is 0 Å². The number of carbonyl (C=O) groups excluding carboxylic acids is 1. The number of thiazole rings is 1. The molecular formula is C14H16BrNO3S. The Balaban J connectivity index is 0.00000200. The van der Waals surface area contributed by atoms with Crippen LogP contribution in [0, 0.1) is 0 Å². The van der Waals surface area contributed by atoms with Crippen LogP contribution in [0.5, 0.6) is 5.75 Å². The molecule has 1 aromatic carbocycles. The van der Waals surface area contributed by atoms with Crippen molar-refractivity contribution in [1.82, 2.24) is 4.98 Å². The molecule has 1 heterocycles. The summed E-state index contributed by atoms with van der Waals surface area (Å²) in [5, 5.41) is 2.63. The first-order valence-electron chi connectivity index (χ1n) is 5.97. The van der Waals surface area contributed by atoms with Crippen molar-refractivity contribution in [2.24, 2.45) is 0 Å². The fraction of sp³-hybridized carbons (Fsp3) is 0.286. The number of benzene rings is 1. The van der Waals surface area contributed by atoms with E-state index < -0.39 is 0 Å². The van der Waals surface area contributed by atoms with Crippen LogP contribution in [0.1, 0.15) is 28.0 Å². The van der Waals surface area contributed by atoms with E-state index in [9.17, 15) is 4.79 Å². The van der Waals surface area contributed by atoms with E-state index in [1.807, 2.05) is 24.3 Å². The van der Waals surface area contributed by atoms with Gasteiger partial charge in [-0.3, -0.25) is 0 Å². The number of rotatable bonds is 5. The number of esters is 1. The molecule has 0 saturated carbocycles. The van der Waals surface area contributed by atoms with Gasteiger partial charge in [0.05, 0.1) is 18.7 Å². The van der Waals surface area contributed by atoms with Gasteiger partial charge in [-0.05, 0) is 24.6 Å². The predicted molar refractivity (Wildman–Crippen MR) is 84.2 cm³/mol. The summed E-state index contributed by atoms with van der Waals surface area (Å²) in [4.78, 5) is 15.8. The first-order valence-corrected chi connectivity index (χ1v) is 6.85. The van der Waals surface area contributed by atoms with Crippen LogP contribution in [0.4, 0.5) is 0 Å². The maximum absolute atomic E-state index is 11.5. The van der Waals surface area contributed by atoms with Gasteiger partial charge in [0.25, 0.3) is 0 Å². The van der Waals surface area contributed by atoms with Crippen molar-refractivity contribution in [1.29, 1.82) is 0 Å². The van der Waals surface area contributed by atoms with Crippen LogP contribution < -0.4 is 4.74 Å². The summed E-state index contributed by atoms with van der Waals surface area (Å²) < 4.78 is 10.0. The molecule has 2 aromatic rings. The lowest BCUT2D eigenvalue weighted by atomic mass is 10.1. The molecule has 0 atom stereocenters. The normalized spacial score (nSPS) is 9.70. The lowest BCUT2D eigenvalue weighted by Crippen LogP contribution is -2.05. The molecule has 2 rings (SSSR count). The minimum Gasteiger partial charge on any atom is -0.497 e. The highest BCUT2D eigenvalue weighted by atomic mass is 79.9. The molecule has 0 N–H and O–H groups in total. The van der Waals surface area contributed by atoms with Crippen molar-refractivity contribution < 1.29 is 14.3 Å². The molecule has 0 aliphatic rings. The highest BCUT2D eigenvalue weighted by Gasteiger charge is 2.11. The van der Waals surface area contributed by atoms with Crippen LogP contribution in [0.2, 0.25) is 0 Å². The van der Waals surface area contributed by atoms with Crippen molar-refractivity contribution in [2.75, 3.05) is 13.7 Å². The molecule has 0 saturated heterocycles. The van der Waals surface area contributed by atoms with Crippen molar-refractivity contribution in [3.05, 3.63) is 45.9 Å². The van der Waals surface area contributed by atoms with Gasteiger partial charge in [0.2, 0.25) is 0 Å². The largest absolute Gasteiger partial charge is 0.497 e. The van der Waals surface area contributed by atoms with Gasteiger partial charge in [0, 0.05) is 11.8 Å². The summed E-state index contributed by atoms with van der Waals surface area (Å²) in [5.74, 6) is 0.467. The lowest BCUT2D eigenvalue weighted by Gasteiger charge is -2.01. The van der Waals surface area contributed by atoms with E-state index in [0.29, 0.717) is 18.7 Å². The Bertz CT molecular complexity index is 554. The maximum Gasteiger partial charge on any atom is 0.357 e. The number of halogens is 1. The van der Waals surface area contributed by atoms with Crippen molar-refractivity contribution in [3.8, 4) is 5.75 Å². The minimum atomic E-state index is -0.361. The third-order valence-electron chi connectivity index (χ3n) is 2.55. The van der Waals surface area contributed by atoms with Crippen LogP contribution >= 0.6 is 28.3 Å². The molecule has 0 unspecified atom stereocenters. The molecule has 0 radical (unpaired) electrons. The molecule has 6 heteroatoms. The van der Waals surface area contributed by atoms with E-state index in [2.05, 4.69) is 4.98 Å². The second-order valence-corrected chi connectivity index (χ2v) is 4.81. The van der Waals surface area contributed by atoms with Crippen LogP contribution in [0.25, 0.3) is 0 Å². The third kappa shape index (κ3) is 4.31. The van der Waals surface area contributed by atoms with Crippen molar-refractivity contribution in [3.63, 3.8) is 0 Å². The van der Waals surface area contributed by atoms with Crippen molar-refractivity contribution >= 4 is 34.3 Å². The standard InChI is InChI=1S/C14H15NO3S.BrH/c1-3-18-14(16)12-9-19-13(15-12)8-10-4-6-11(17-2)7-5-10;/h4-7,9H,3,8H2,1-2H3;1H. The smallest absolute Gasteiger partial charge is 0.357 e. The Labute approximate surface area is 132 Å². The zero-order chi connectivity index (χ0) is 13.7. The molecule has 20 heavy (non-hydrogen) atoms. The van der Waals surface area contributed by atoms with E-state index in [1.54, 1.807) is 19.4 Å². The number of ether oxygens (including phenoxy) is 2. The van der Waals surface area contributed by atoms with Gasteiger partial charge >= 0.3 is 5.97 Å². The van der Waals surface area contributed by atoms with Gasteiger partial charge in [-0.15, -0.1) is 28.3 Å². The zero-order valence-electron chi connectivity index (χ0n) is 11.3. The Morgan fingerprint density at radius 3 is 2.60 bits per heavy atom. The van der Waals surface area contributed by atoms with E-state index in [4.69, 9.17) is 9.47 Å². The van der Waals surface area contributed by atoms with E-state index in [0.717, 1.165) is 16.3 Å². The molecule has 1 aromatic heterocycles. The zero-order valence-corrected chi connectivity index (χ0v) is 13.8. The summed E-state index contributed by atoms with van der Waals surface area (Å²) in [6.45, 7) is 2.15. The molecule has 0 bridgehead atoms. The lowest BCUT2D eigenvalue weighted by molar-refractivity contribution is 0.0520. The Morgan fingerprint density at radius 1 is 1.30 bits per heavy atom. The summed E-state index contributed by atoms with van der Waals surface area (Å²) in [7, 11) is 1.64. The molecule has 0 aliphatic carbocycles. The minimum absolute atomic E-state index is 0. The van der Waals surface area contributed by atoms with Gasteiger partial charge in [-0.25, -0.2) is 9.78 Å². The first kappa shape index (κ1) is 16.7. The fourth-order valence-electron chi connectivity index (χ4n) is 1.61. The first-order chi connectivity index (χ1) is 9.22. The van der Waals surface area contributed by atoms with Crippen LogP contribution in [-0.2, 0) is 11.2 Å². The second kappa shape index (κ2) is 8.01. The monoisotopic (exact) mass is 357 g/mol. The molecule has 0 spiro atoms. The molecule has 108 valence electrons. The highest BCUT2D eigenvalue weighted by Crippen LogP contribution is 2.18. The average Bonchev–Trinajstić information content (AvgIpc) is 2.88.